The molecule has 2 unspecified atom stereocenters. The Morgan fingerprint density at radius 2 is 2.04 bits per heavy atom. The summed E-state index contributed by atoms with van der Waals surface area (Å²) in [5.41, 5.74) is 4.93. The molecule has 2 N–H and O–H groups in total. The lowest BCUT2D eigenvalue weighted by atomic mass is 9.89. The maximum atomic E-state index is 6.43. The molecule has 1 saturated heterocycles. The number of hydrogen-bond acceptors (Lipinski definition) is 3. The molecule has 0 amide bonds. The van der Waals surface area contributed by atoms with Gasteiger partial charge >= 0.3 is 0 Å². The van der Waals surface area contributed by atoms with E-state index in [0.29, 0.717) is 22.0 Å². The molecule has 2 aromatic carbocycles. The van der Waals surface area contributed by atoms with Crippen molar-refractivity contribution < 1.29 is 0 Å². The van der Waals surface area contributed by atoms with Crippen molar-refractivity contribution in [1.29, 1.82) is 0 Å². The van der Waals surface area contributed by atoms with E-state index in [4.69, 9.17) is 23.2 Å². The third-order valence-electron chi connectivity index (χ3n) is 4.81. The second-order valence-corrected chi connectivity index (χ2v) is 7.81. The minimum atomic E-state index is 0.538. The van der Waals surface area contributed by atoms with Crippen LogP contribution in [0.4, 0.5) is 5.69 Å². The van der Waals surface area contributed by atoms with Crippen molar-refractivity contribution in [1.82, 2.24) is 5.32 Å². The third-order valence-corrected chi connectivity index (χ3v) is 6.12. The van der Waals surface area contributed by atoms with Crippen LogP contribution in [0.5, 0.6) is 0 Å². The van der Waals surface area contributed by atoms with Gasteiger partial charge in [-0.3, -0.25) is 0 Å². The topological polar surface area (TPSA) is 24.1 Å². The normalized spacial score (nSPS) is 22.4. The Morgan fingerprint density at radius 3 is 2.83 bits per heavy atom. The van der Waals surface area contributed by atoms with Crippen LogP contribution in [0.25, 0.3) is 11.1 Å². The number of thioether (sulfide) groups is 1. The molecule has 0 spiro atoms. The maximum Gasteiger partial charge on any atom is 0.0517 e. The Labute approximate surface area is 150 Å². The van der Waals surface area contributed by atoms with Crippen LogP contribution in [0.2, 0.25) is 10.0 Å². The van der Waals surface area contributed by atoms with Crippen LogP contribution in [-0.4, -0.2) is 25.4 Å². The second kappa shape index (κ2) is 6.21. The molecule has 2 nitrogen and oxygen atoms in total. The average Bonchev–Trinajstić information content (AvgIpc) is 2.92. The third kappa shape index (κ3) is 2.74. The molecule has 23 heavy (non-hydrogen) atoms. The predicted molar refractivity (Wildman–Crippen MR) is 101 cm³/mol. The van der Waals surface area contributed by atoms with Gasteiger partial charge in [0.15, 0.2) is 0 Å². The van der Waals surface area contributed by atoms with Gasteiger partial charge in [-0.1, -0.05) is 29.3 Å². The Bertz CT molecular complexity index is 763. The smallest absolute Gasteiger partial charge is 0.0517 e. The highest BCUT2D eigenvalue weighted by atomic mass is 35.5. The number of benzene rings is 2. The van der Waals surface area contributed by atoms with Gasteiger partial charge in [-0.2, -0.15) is 0 Å². The summed E-state index contributed by atoms with van der Waals surface area (Å²) in [5, 5.41) is 8.64. The van der Waals surface area contributed by atoms with Crippen molar-refractivity contribution in [2.75, 3.05) is 24.7 Å². The predicted octanol–water partition coefficient (Wildman–Crippen LogP) is 5.25. The number of nitrogens with one attached hydrogen (secondary N) is 2. The summed E-state index contributed by atoms with van der Waals surface area (Å²) in [6, 6.07) is 10.8. The molecule has 0 saturated carbocycles. The molecule has 2 aliphatic rings. The van der Waals surface area contributed by atoms with Crippen LogP contribution < -0.4 is 10.6 Å². The summed E-state index contributed by atoms with van der Waals surface area (Å²) < 4.78 is 0. The molecule has 1 fully saturated rings. The van der Waals surface area contributed by atoms with E-state index >= 15 is 0 Å². The largest absolute Gasteiger partial charge is 0.380 e. The quantitative estimate of drug-likeness (QED) is 0.711. The molecule has 0 aliphatic carbocycles. The average molecular weight is 365 g/mol. The Morgan fingerprint density at radius 1 is 1.17 bits per heavy atom. The zero-order chi connectivity index (χ0) is 16.0. The Hall–Kier alpha value is -0.870. The SMILES string of the molecule is CSc1cc(-c2ccc(Cl)cc2Cl)cc2c1NC1CCNCC21. The van der Waals surface area contributed by atoms with E-state index < -0.39 is 0 Å². The molecule has 120 valence electrons. The van der Waals surface area contributed by atoms with Gasteiger partial charge in [-0.25, -0.2) is 0 Å². The summed E-state index contributed by atoms with van der Waals surface area (Å²) in [7, 11) is 0. The van der Waals surface area contributed by atoms with Crippen LogP contribution in [0.1, 0.15) is 17.9 Å². The van der Waals surface area contributed by atoms with E-state index in [9.17, 15) is 0 Å². The van der Waals surface area contributed by atoms with Crippen molar-refractivity contribution in [2.24, 2.45) is 0 Å². The first kappa shape index (κ1) is 15.6. The van der Waals surface area contributed by atoms with Gasteiger partial charge in [0.25, 0.3) is 0 Å². The van der Waals surface area contributed by atoms with E-state index in [1.54, 1.807) is 11.8 Å². The Balaban J connectivity index is 1.84. The van der Waals surface area contributed by atoms with Crippen LogP contribution in [-0.2, 0) is 0 Å². The highest BCUT2D eigenvalue weighted by molar-refractivity contribution is 7.98. The van der Waals surface area contributed by atoms with Crippen LogP contribution in [0.3, 0.4) is 0 Å². The van der Waals surface area contributed by atoms with E-state index in [1.807, 2.05) is 18.2 Å². The van der Waals surface area contributed by atoms with Crippen LogP contribution in [0.15, 0.2) is 35.2 Å². The van der Waals surface area contributed by atoms with Crippen molar-refractivity contribution in [3.63, 3.8) is 0 Å². The van der Waals surface area contributed by atoms with Gasteiger partial charge in [0.05, 0.1) is 5.69 Å². The molecule has 2 atom stereocenters. The lowest BCUT2D eigenvalue weighted by Crippen LogP contribution is -2.38. The lowest BCUT2D eigenvalue weighted by molar-refractivity contribution is 0.440. The maximum absolute atomic E-state index is 6.43. The van der Waals surface area contributed by atoms with Crippen molar-refractivity contribution in [3.8, 4) is 11.1 Å². The van der Waals surface area contributed by atoms with Gasteiger partial charge in [-0.05, 0) is 54.6 Å². The van der Waals surface area contributed by atoms with Gasteiger partial charge in [0, 0.05) is 39.0 Å². The fourth-order valence-electron chi connectivity index (χ4n) is 3.67. The molecule has 5 heteroatoms. The van der Waals surface area contributed by atoms with E-state index in [-0.39, 0.29) is 0 Å². The minimum absolute atomic E-state index is 0.538. The molecule has 2 aliphatic heterocycles. The number of fused-ring (bicyclic) bond motifs is 3. The standard InChI is InChI=1S/C18H18Cl2N2S/c1-23-17-7-10(12-3-2-11(19)8-15(12)20)6-13-14-9-21-5-4-16(14)22-18(13)17/h2-3,6-8,14,16,21-22H,4-5,9H2,1H3. The van der Waals surface area contributed by atoms with E-state index in [0.717, 1.165) is 18.7 Å². The molecule has 0 radical (unpaired) electrons. The van der Waals surface area contributed by atoms with Crippen molar-refractivity contribution in [3.05, 3.63) is 45.9 Å². The molecule has 4 rings (SSSR count). The van der Waals surface area contributed by atoms with Crippen LogP contribution >= 0.6 is 35.0 Å². The molecule has 0 aromatic heterocycles. The first-order valence-corrected chi connectivity index (χ1v) is 9.80. The van der Waals surface area contributed by atoms with Gasteiger partial charge < -0.3 is 10.6 Å². The van der Waals surface area contributed by atoms with Crippen molar-refractivity contribution >= 4 is 40.7 Å². The van der Waals surface area contributed by atoms with Gasteiger partial charge in [0.1, 0.15) is 0 Å². The summed E-state index contributed by atoms with van der Waals surface area (Å²) in [6.45, 7) is 2.13. The number of hydrogen-bond donors (Lipinski definition) is 2. The zero-order valence-corrected chi connectivity index (χ0v) is 15.2. The first-order valence-electron chi connectivity index (χ1n) is 7.82. The highest BCUT2D eigenvalue weighted by Crippen LogP contribution is 2.46. The monoisotopic (exact) mass is 364 g/mol. The number of piperidine rings is 1. The van der Waals surface area contributed by atoms with E-state index in [1.165, 1.54) is 28.1 Å². The minimum Gasteiger partial charge on any atom is -0.380 e. The fraction of sp³-hybridized carbons (Fsp3) is 0.333. The van der Waals surface area contributed by atoms with E-state index in [2.05, 4.69) is 29.0 Å². The summed E-state index contributed by atoms with van der Waals surface area (Å²) in [4.78, 5) is 1.29. The van der Waals surface area contributed by atoms with Crippen molar-refractivity contribution in [2.45, 2.75) is 23.3 Å². The Kier molecular flexibility index (Phi) is 4.22. The molecular weight excluding hydrogens is 347 g/mol. The van der Waals surface area contributed by atoms with Gasteiger partial charge in [-0.15, -0.1) is 11.8 Å². The highest BCUT2D eigenvalue weighted by Gasteiger charge is 2.35. The summed E-state index contributed by atoms with van der Waals surface area (Å²) >= 11 is 14.3. The zero-order valence-electron chi connectivity index (χ0n) is 12.8. The number of halogens is 2. The molecule has 0 bridgehead atoms. The number of rotatable bonds is 2. The summed E-state index contributed by atoms with van der Waals surface area (Å²) in [5.74, 6) is 0.538. The van der Waals surface area contributed by atoms with Crippen LogP contribution in [0, 0.1) is 0 Å². The molecule has 2 aromatic rings. The fourth-order valence-corrected chi connectivity index (χ4v) is 4.81. The number of anilines is 1. The van der Waals surface area contributed by atoms with Gasteiger partial charge in [0.2, 0.25) is 0 Å². The summed E-state index contributed by atoms with van der Waals surface area (Å²) in [6.07, 6.45) is 3.30. The second-order valence-electron chi connectivity index (χ2n) is 6.12. The lowest BCUT2D eigenvalue weighted by Gasteiger charge is -2.26. The molecular formula is C18H18Cl2N2S. The first-order chi connectivity index (χ1) is 11.2. The molecule has 2 heterocycles.